The predicted octanol–water partition coefficient (Wildman–Crippen LogP) is 1.66. The number of fused-ring (bicyclic) bond motifs is 1. The molecule has 3 aliphatic rings. The van der Waals surface area contributed by atoms with E-state index < -0.39 is 5.91 Å². The van der Waals surface area contributed by atoms with Crippen molar-refractivity contribution in [3.05, 3.63) is 29.1 Å². The van der Waals surface area contributed by atoms with Crippen LogP contribution in [-0.2, 0) is 17.7 Å². The molecule has 1 amide bonds. The number of hydrogen-bond acceptors (Lipinski definition) is 5. The minimum Gasteiger partial charge on any atom is -0.375 e. The average molecular weight is 317 g/mol. The quantitative estimate of drug-likeness (QED) is 0.641. The zero-order chi connectivity index (χ0) is 15.9. The van der Waals surface area contributed by atoms with Gasteiger partial charge in [0.2, 0.25) is 0 Å². The van der Waals surface area contributed by atoms with Gasteiger partial charge in [-0.2, -0.15) is 0 Å². The van der Waals surface area contributed by atoms with E-state index in [-0.39, 0.29) is 5.60 Å². The third kappa shape index (κ3) is 2.75. The summed E-state index contributed by atoms with van der Waals surface area (Å²) in [6.45, 7) is 2.77. The zero-order valence-corrected chi connectivity index (χ0v) is 13.3. The fraction of sp³-hybridized carbons (Fsp3) is 0.647. The summed E-state index contributed by atoms with van der Waals surface area (Å²) in [5.74, 6) is -0.501. The van der Waals surface area contributed by atoms with Crippen LogP contribution >= 0.6 is 0 Å². The Hall–Kier alpha value is -1.50. The summed E-state index contributed by atoms with van der Waals surface area (Å²) in [7, 11) is 0. The molecule has 1 spiro atoms. The van der Waals surface area contributed by atoms with Crippen LogP contribution in [-0.4, -0.2) is 45.8 Å². The number of pyridine rings is 1. The van der Waals surface area contributed by atoms with Crippen molar-refractivity contribution in [2.75, 3.05) is 13.2 Å². The fourth-order valence-corrected chi connectivity index (χ4v) is 4.42. The van der Waals surface area contributed by atoms with Gasteiger partial charge in [0.15, 0.2) is 0 Å². The average Bonchev–Trinajstić information content (AvgIpc) is 3.23. The number of amides is 1. The molecule has 6 heteroatoms. The second kappa shape index (κ2) is 5.85. The minimum absolute atomic E-state index is 0.154. The first-order valence-corrected chi connectivity index (χ1v) is 8.49. The van der Waals surface area contributed by atoms with E-state index in [4.69, 9.17) is 9.94 Å². The lowest BCUT2D eigenvalue weighted by Crippen LogP contribution is -2.40. The number of aromatic nitrogens is 1. The normalized spacial score (nSPS) is 30.6. The lowest BCUT2D eigenvalue weighted by atomic mass is 9.97. The molecule has 1 aromatic rings. The molecule has 1 saturated heterocycles. The highest BCUT2D eigenvalue weighted by molar-refractivity contribution is 5.93. The lowest BCUT2D eigenvalue weighted by molar-refractivity contribution is 0.00284. The van der Waals surface area contributed by atoms with E-state index in [2.05, 4.69) is 9.88 Å². The van der Waals surface area contributed by atoms with Crippen molar-refractivity contribution in [2.45, 2.75) is 56.7 Å². The van der Waals surface area contributed by atoms with Gasteiger partial charge in [0.05, 0.1) is 16.9 Å². The van der Waals surface area contributed by atoms with Crippen LogP contribution in [0.2, 0.25) is 0 Å². The highest BCUT2D eigenvalue weighted by Gasteiger charge is 2.44. The minimum atomic E-state index is -0.501. The van der Waals surface area contributed by atoms with E-state index in [1.54, 1.807) is 11.7 Å². The number of nitrogens with zero attached hydrogens (tertiary/aromatic N) is 2. The maximum atomic E-state index is 11.5. The molecular formula is C17H23N3O3. The summed E-state index contributed by atoms with van der Waals surface area (Å²) in [5, 5.41) is 8.73. The Balaban J connectivity index is 1.46. The number of rotatable bonds is 2. The van der Waals surface area contributed by atoms with Crippen LogP contribution in [0.25, 0.3) is 0 Å². The maximum absolute atomic E-state index is 11.5. The smallest absolute Gasteiger partial charge is 0.276 e. The Bertz CT molecular complexity index is 613. The van der Waals surface area contributed by atoms with Crippen LogP contribution in [0, 0.1) is 0 Å². The van der Waals surface area contributed by atoms with Gasteiger partial charge in [-0.1, -0.05) is 0 Å². The van der Waals surface area contributed by atoms with Gasteiger partial charge < -0.3 is 4.74 Å². The van der Waals surface area contributed by atoms with Crippen LogP contribution < -0.4 is 5.48 Å². The summed E-state index contributed by atoms with van der Waals surface area (Å²) in [4.78, 5) is 18.5. The SMILES string of the molecule is O=C(NO)c1cnc2c(c1)CCN([C@@H]1CC[C@@]3(CCCO3)C1)C2. The molecule has 0 unspecified atom stereocenters. The van der Waals surface area contributed by atoms with Crippen molar-refractivity contribution in [2.24, 2.45) is 0 Å². The van der Waals surface area contributed by atoms with Crippen LogP contribution in [0.4, 0.5) is 0 Å². The third-order valence-electron chi connectivity index (χ3n) is 5.69. The topological polar surface area (TPSA) is 74.7 Å². The first kappa shape index (κ1) is 15.1. The van der Waals surface area contributed by atoms with Crippen molar-refractivity contribution in [1.29, 1.82) is 0 Å². The molecule has 3 heterocycles. The standard InChI is InChI=1S/C17H23N3O3/c21-16(19-22)13-8-12-3-6-20(11-15(12)18-10-13)14-2-5-17(9-14)4-1-7-23-17/h8,10,14,22H,1-7,9,11H2,(H,19,21)/t14-,17+/m1/s1. The van der Waals surface area contributed by atoms with Crippen molar-refractivity contribution in [1.82, 2.24) is 15.4 Å². The number of hydrogen-bond donors (Lipinski definition) is 2. The molecule has 0 bridgehead atoms. The van der Waals surface area contributed by atoms with E-state index in [1.807, 2.05) is 6.07 Å². The Labute approximate surface area is 135 Å². The molecule has 23 heavy (non-hydrogen) atoms. The Morgan fingerprint density at radius 2 is 2.39 bits per heavy atom. The Kier molecular flexibility index (Phi) is 3.83. The zero-order valence-electron chi connectivity index (χ0n) is 13.3. The molecule has 6 nitrogen and oxygen atoms in total. The molecule has 1 aromatic heterocycles. The van der Waals surface area contributed by atoms with Gasteiger partial charge >= 0.3 is 0 Å². The first-order chi connectivity index (χ1) is 11.2. The van der Waals surface area contributed by atoms with E-state index in [0.717, 1.165) is 43.8 Å². The Morgan fingerprint density at radius 1 is 1.48 bits per heavy atom. The van der Waals surface area contributed by atoms with Crippen molar-refractivity contribution < 1.29 is 14.7 Å². The van der Waals surface area contributed by atoms with Crippen LogP contribution in [0.1, 0.15) is 53.7 Å². The molecule has 1 saturated carbocycles. The Morgan fingerprint density at radius 3 is 3.17 bits per heavy atom. The summed E-state index contributed by atoms with van der Waals surface area (Å²) < 4.78 is 6.04. The second-order valence-corrected chi connectivity index (χ2v) is 7.02. The molecule has 4 rings (SSSR count). The van der Waals surface area contributed by atoms with Gasteiger partial charge in [-0.15, -0.1) is 0 Å². The molecule has 0 aromatic carbocycles. The lowest BCUT2D eigenvalue weighted by Gasteiger charge is -2.34. The predicted molar refractivity (Wildman–Crippen MR) is 83.2 cm³/mol. The number of ether oxygens (including phenoxy) is 1. The largest absolute Gasteiger partial charge is 0.375 e. The summed E-state index contributed by atoms with van der Waals surface area (Å²) in [6.07, 6.45) is 8.40. The molecule has 0 radical (unpaired) electrons. The monoisotopic (exact) mass is 317 g/mol. The van der Waals surface area contributed by atoms with E-state index in [0.29, 0.717) is 11.6 Å². The van der Waals surface area contributed by atoms with E-state index >= 15 is 0 Å². The highest BCUT2D eigenvalue weighted by atomic mass is 16.5. The molecule has 2 aliphatic heterocycles. The van der Waals surface area contributed by atoms with E-state index in [9.17, 15) is 4.79 Å². The van der Waals surface area contributed by atoms with Crippen LogP contribution in [0.15, 0.2) is 12.3 Å². The summed E-state index contributed by atoms with van der Waals surface area (Å²) >= 11 is 0. The summed E-state index contributed by atoms with van der Waals surface area (Å²) in [6, 6.07) is 2.44. The molecule has 2 atom stereocenters. The highest BCUT2D eigenvalue weighted by Crippen LogP contribution is 2.43. The van der Waals surface area contributed by atoms with Crippen LogP contribution in [0.5, 0.6) is 0 Å². The van der Waals surface area contributed by atoms with E-state index in [1.165, 1.54) is 25.7 Å². The number of nitrogens with one attached hydrogen (secondary N) is 1. The van der Waals surface area contributed by atoms with Crippen LogP contribution in [0.3, 0.4) is 0 Å². The molecule has 124 valence electrons. The van der Waals surface area contributed by atoms with Crippen molar-refractivity contribution in [3.63, 3.8) is 0 Å². The van der Waals surface area contributed by atoms with Crippen molar-refractivity contribution >= 4 is 5.91 Å². The summed E-state index contributed by atoms with van der Waals surface area (Å²) in [5.41, 5.74) is 4.41. The first-order valence-electron chi connectivity index (χ1n) is 8.49. The molecule has 2 N–H and O–H groups in total. The van der Waals surface area contributed by atoms with Gasteiger partial charge in [-0.3, -0.25) is 19.9 Å². The maximum Gasteiger partial charge on any atom is 0.276 e. The van der Waals surface area contributed by atoms with Gasteiger partial charge in [0.1, 0.15) is 0 Å². The number of carbonyl (C=O) groups excluding carboxylic acids is 1. The van der Waals surface area contributed by atoms with Crippen molar-refractivity contribution in [3.8, 4) is 0 Å². The van der Waals surface area contributed by atoms with Gasteiger partial charge in [-0.25, -0.2) is 5.48 Å². The fourth-order valence-electron chi connectivity index (χ4n) is 4.42. The third-order valence-corrected chi connectivity index (χ3v) is 5.69. The number of carbonyl (C=O) groups is 1. The van der Waals surface area contributed by atoms with Gasteiger partial charge in [0.25, 0.3) is 5.91 Å². The van der Waals surface area contributed by atoms with Gasteiger partial charge in [-0.05, 0) is 50.2 Å². The molecular weight excluding hydrogens is 294 g/mol. The second-order valence-electron chi connectivity index (χ2n) is 7.02. The number of hydroxylamine groups is 1. The molecule has 2 fully saturated rings. The van der Waals surface area contributed by atoms with Gasteiger partial charge in [0, 0.05) is 31.9 Å². The molecule has 1 aliphatic carbocycles.